The number of methoxy groups -OCH3 is 1. The predicted molar refractivity (Wildman–Crippen MR) is 59.0 cm³/mol. The van der Waals surface area contributed by atoms with E-state index in [2.05, 4.69) is 9.97 Å². The summed E-state index contributed by atoms with van der Waals surface area (Å²) in [6.45, 7) is 0. The molecule has 0 unspecified atom stereocenters. The van der Waals surface area contributed by atoms with Crippen molar-refractivity contribution in [2.24, 2.45) is 0 Å². The molecule has 1 aromatic heterocycles. The summed E-state index contributed by atoms with van der Waals surface area (Å²) in [6, 6.07) is 6.26. The van der Waals surface area contributed by atoms with Gasteiger partial charge in [-0.3, -0.25) is 0 Å². The third kappa shape index (κ3) is 2.12. The van der Waals surface area contributed by atoms with Crippen molar-refractivity contribution in [1.29, 1.82) is 0 Å². The minimum Gasteiger partial charge on any atom is -0.494 e. The molecule has 5 heteroatoms. The van der Waals surface area contributed by atoms with Crippen molar-refractivity contribution in [3.05, 3.63) is 41.6 Å². The Kier molecular flexibility index (Phi) is 3.01. The van der Waals surface area contributed by atoms with Gasteiger partial charge in [0.1, 0.15) is 0 Å². The molecule has 0 saturated carbocycles. The van der Waals surface area contributed by atoms with Gasteiger partial charge < -0.3 is 4.74 Å². The highest BCUT2D eigenvalue weighted by Crippen LogP contribution is 2.24. The van der Waals surface area contributed by atoms with Gasteiger partial charge in [0.15, 0.2) is 11.6 Å². The number of rotatable bonds is 2. The van der Waals surface area contributed by atoms with Gasteiger partial charge in [0, 0.05) is 11.8 Å². The van der Waals surface area contributed by atoms with Crippen molar-refractivity contribution < 1.29 is 9.13 Å². The lowest BCUT2D eigenvalue weighted by atomic mass is 10.1. The van der Waals surface area contributed by atoms with Gasteiger partial charge in [-0.15, -0.1) is 0 Å². The molecule has 2 rings (SSSR count). The minimum atomic E-state index is -0.435. The number of aromatic nitrogens is 2. The molecule has 0 bridgehead atoms. The monoisotopic (exact) mass is 238 g/mol. The molecule has 16 heavy (non-hydrogen) atoms. The van der Waals surface area contributed by atoms with Crippen LogP contribution in [0.1, 0.15) is 0 Å². The number of ether oxygens (including phenoxy) is 1. The average Bonchev–Trinajstić information content (AvgIpc) is 2.29. The van der Waals surface area contributed by atoms with E-state index in [1.54, 1.807) is 18.2 Å². The summed E-state index contributed by atoms with van der Waals surface area (Å²) in [7, 11) is 1.42. The number of hydrogen-bond donors (Lipinski definition) is 0. The Morgan fingerprint density at radius 2 is 2.12 bits per heavy atom. The zero-order valence-corrected chi connectivity index (χ0v) is 9.20. The van der Waals surface area contributed by atoms with Gasteiger partial charge in [0.2, 0.25) is 5.28 Å². The van der Waals surface area contributed by atoms with E-state index < -0.39 is 5.82 Å². The maximum Gasteiger partial charge on any atom is 0.222 e. The highest BCUT2D eigenvalue weighted by molar-refractivity contribution is 6.28. The number of halogens is 2. The van der Waals surface area contributed by atoms with E-state index in [1.165, 1.54) is 19.4 Å². The Morgan fingerprint density at radius 3 is 2.75 bits per heavy atom. The Hall–Kier alpha value is -1.68. The van der Waals surface area contributed by atoms with Crippen molar-refractivity contribution >= 4 is 11.6 Å². The lowest BCUT2D eigenvalue weighted by Gasteiger charge is -2.04. The first kappa shape index (κ1) is 10.8. The van der Waals surface area contributed by atoms with Gasteiger partial charge in [0.25, 0.3) is 0 Å². The number of nitrogens with zero attached hydrogens (tertiary/aromatic N) is 2. The normalized spacial score (nSPS) is 10.2. The predicted octanol–water partition coefficient (Wildman–Crippen LogP) is 2.94. The summed E-state index contributed by atoms with van der Waals surface area (Å²) in [5.41, 5.74) is 1.20. The molecule has 0 N–H and O–H groups in total. The molecule has 2 aromatic rings. The van der Waals surface area contributed by atoms with E-state index in [4.69, 9.17) is 16.3 Å². The summed E-state index contributed by atoms with van der Waals surface area (Å²) in [6.07, 6.45) is 1.52. The summed E-state index contributed by atoms with van der Waals surface area (Å²) in [5, 5.41) is 0.133. The van der Waals surface area contributed by atoms with Crippen LogP contribution in [-0.4, -0.2) is 17.1 Å². The second kappa shape index (κ2) is 4.45. The first-order valence-corrected chi connectivity index (χ1v) is 4.91. The number of benzene rings is 1. The van der Waals surface area contributed by atoms with E-state index in [9.17, 15) is 4.39 Å². The Labute approximate surface area is 96.9 Å². The SMILES string of the molecule is COc1ccc(-c2ccnc(Cl)n2)cc1F. The van der Waals surface area contributed by atoms with Crippen LogP contribution in [0.2, 0.25) is 5.28 Å². The van der Waals surface area contributed by atoms with Crippen LogP contribution in [0.4, 0.5) is 4.39 Å². The molecule has 0 saturated heterocycles. The molecule has 0 aliphatic carbocycles. The van der Waals surface area contributed by atoms with Crippen molar-refractivity contribution in [3.63, 3.8) is 0 Å². The average molecular weight is 239 g/mol. The molecule has 0 amide bonds. The molecule has 0 aliphatic rings. The lowest BCUT2D eigenvalue weighted by molar-refractivity contribution is 0.386. The van der Waals surface area contributed by atoms with E-state index in [0.717, 1.165) is 0 Å². The molecule has 0 aliphatic heterocycles. The van der Waals surface area contributed by atoms with Crippen molar-refractivity contribution in [2.75, 3.05) is 7.11 Å². The van der Waals surface area contributed by atoms with Crippen LogP contribution in [0, 0.1) is 5.82 Å². The van der Waals surface area contributed by atoms with Crippen LogP contribution in [0.5, 0.6) is 5.75 Å². The molecule has 1 aromatic carbocycles. The zero-order valence-electron chi connectivity index (χ0n) is 8.45. The van der Waals surface area contributed by atoms with Crippen LogP contribution in [0.25, 0.3) is 11.3 Å². The zero-order chi connectivity index (χ0) is 11.5. The first-order valence-electron chi connectivity index (χ1n) is 4.53. The molecule has 82 valence electrons. The van der Waals surface area contributed by atoms with Crippen LogP contribution in [0.3, 0.4) is 0 Å². The molecule has 0 atom stereocenters. The van der Waals surface area contributed by atoms with Crippen molar-refractivity contribution in [2.45, 2.75) is 0 Å². The van der Waals surface area contributed by atoms with Gasteiger partial charge in [-0.2, -0.15) is 0 Å². The van der Waals surface area contributed by atoms with Crippen molar-refractivity contribution in [1.82, 2.24) is 9.97 Å². The summed E-state index contributed by atoms with van der Waals surface area (Å²) >= 11 is 5.65. The molecular formula is C11H8ClFN2O. The van der Waals surface area contributed by atoms with Gasteiger partial charge >= 0.3 is 0 Å². The fraction of sp³-hybridized carbons (Fsp3) is 0.0909. The van der Waals surface area contributed by atoms with Crippen LogP contribution >= 0.6 is 11.6 Å². The smallest absolute Gasteiger partial charge is 0.222 e. The second-order valence-electron chi connectivity index (χ2n) is 3.06. The lowest BCUT2D eigenvalue weighted by Crippen LogP contribution is -1.90. The standard InChI is InChI=1S/C11H8ClFN2O/c1-16-10-3-2-7(6-8(10)13)9-4-5-14-11(12)15-9/h2-6H,1H3. The maximum absolute atomic E-state index is 13.4. The van der Waals surface area contributed by atoms with Crippen LogP contribution in [-0.2, 0) is 0 Å². The Morgan fingerprint density at radius 1 is 1.31 bits per heavy atom. The van der Waals surface area contributed by atoms with Gasteiger partial charge in [-0.1, -0.05) is 0 Å². The highest BCUT2D eigenvalue weighted by Gasteiger charge is 2.06. The molecule has 1 heterocycles. The third-order valence-corrected chi connectivity index (χ3v) is 2.26. The topological polar surface area (TPSA) is 35.0 Å². The van der Waals surface area contributed by atoms with E-state index in [-0.39, 0.29) is 11.0 Å². The Balaban J connectivity index is 2.45. The minimum absolute atomic E-state index is 0.133. The molecule has 3 nitrogen and oxygen atoms in total. The molecule has 0 radical (unpaired) electrons. The summed E-state index contributed by atoms with van der Waals surface area (Å²) in [4.78, 5) is 7.74. The van der Waals surface area contributed by atoms with Crippen molar-refractivity contribution in [3.8, 4) is 17.0 Å². The maximum atomic E-state index is 13.4. The molecular weight excluding hydrogens is 231 g/mol. The van der Waals surface area contributed by atoms with E-state index in [0.29, 0.717) is 11.3 Å². The first-order chi connectivity index (χ1) is 7.70. The van der Waals surface area contributed by atoms with Gasteiger partial charge in [-0.05, 0) is 35.9 Å². The molecule has 0 fully saturated rings. The number of hydrogen-bond acceptors (Lipinski definition) is 3. The highest BCUT2D eigenvalue weighted by atomic mass is 35.5. The quantitative estimate of drug-likeness (QED) is 0.755. The third-order valence-electron chi connectivity index (χ3n) is 2.07. The summed E-state index contributed by atoms with van der Waals surface area (Å²) in [5.74, 6) is -0.237. The van der Waals surface area contributed by atoms with E-state index in [1.807, 2.05) is 0 Å². The Bertz CT molecular complexity index is 519. The largest absolute Gasteiger partial charge is 0.494 e. The summed E-state index contributed by atoms with van der Waals surface area (Å²) < 4.78 is 18.3. The van der Waals surface area contributed by atoms with Gasteiger partial charge in [-0.25, -0.2) is 14.4 Å². The van der Waals surface area contributed by atoms with Crippen LogP contribution < -0.4 is 4.74 Å². The van der Waals surface area contributed by atoms with E-state index >= 15 is 0 Å². The molecule has 0 spiro atoms. The van der Waals surface area contributed by atoms with Crippen LogP contribution in [0.15, 0.2) is 30.5 Å². The fourth-order valence-corrected chi connectivity index (χ4v) is 1.47. The van der Waals surface area contributed by atoms with Gasteiger partial charge in [0.05, 0.1) is 12.8 Å². The fourth-order valence-electron chi connectivity index (χ4n) is 1.32. The second-order valence-corrected chi connectivity index (χ2v) is 3.40.